The minimum atomic E-state index is -0.126. The van der Waals surface area contributed by atoms with Gasteiger partial charge in [-0.2, -0.15) is 0 Å². The van der Waals surface area contributed by atoms with Crippen molar-refractivity contribution < 1.29 is 4.79 Å². The molecule has 0 saturated heterocycles. The van der Waals surface area contributed by atoms with Crippen molar-refractivity contribution in [2.45, 2.75) is 51.5 Å². The molecule has 0 aliphatic carbocycles. The molecule has 0 saturated carbocycles. The van der Waals surface area contributed by atoms with Crippen LogP contribution < -0.4 is 5.32 Å². The number of carbonyl (C=O) groups is 1. The molecule has 1 aromatic rings. The molecule has 1 rings (SSSR count). The van der Waals surface area contributed by atoms with E-state index >= 15 is 0 Å². The third-order valence-electron chi connectivity index (χ3n) is 3.92. The molecule has 0 aliphatic heterocycles. The van der Waals surface area contributed by atoms with E-state index in [0.717, 1.165) is 30.2 Å². The van der Waals surface area contributed by atoms with Crippen molar-refractivity contribution in [2.75, 3.05) is 5.33 Å². The van der Waals surface area contributed by atoms with Gasteiger partial charge in [0.1, 0.15) is 0 Å². The molecule has 2 nitrogen and oxygen atoms in total. The van der Waals surface area contributed by atoms with Crippen LogP contribution in [0.15, 0.2) is 30.3 Å². The first kappa shape index (κ1) is 16.2. The summed E-state index contributed by atoms with van der Waals surface area (Å²) in [6.07, 6.45) is 2.69. The van der Waals surface area contributed by atoms with Crippen LogP contribution in [0.25, 0.3) is 0 Å². The lowest BCUT2D eigenvalue weighted by Gasteiger charge is -2.32. The van der Waals surface area contributed by atoms with Gasteiger partial charge in [-0.1, -0.05) is 67.0 Å². The SMILES string of the molecule is CCC(C(=O)NC(CC)(CC)CBr)c1ccccc1. The minimum Gasteiger partial charge on any atom is -0.349 e. The van der Waals surface area contributed by atoms with Crippen molar-refractivity contribution >= 4 is 21.8 Å². The molecule has 1 aromatic carbocycles. The van der Waals surface area contributed by atoms with E-state index in [1.807, 2.05) is 30.3 Å². The summed E-state index contributed by atoms with van der Waals surface area (Å²) in [5.41, 5.74) is 0.970. The fraction of sp³-hybridized carbons (Fsp3) is 0.562. The van der Waals surface area contributed by atoms with E-state index in [1.54, 1.807) is 0 Å². The summed E-state index contributed by atoms with van der Waals surface area (Å²) in [4.78, 5) is 12.5. The molecule has 106 valence electrons. The average molecular weight is 326 g/mol. The van der Waals surface area contributed by atoms with Gasteiger partial charge in [0.25, 0.3) is 0 Å². The average Bonchev–Trinajstić information content (AvgIpc) is 2.47. The van der Waals surface area contributed by atoms with E-state index in [9.17, 15) is 4.79 Å². The number of alkyl halides is 1. The highest BCUT2D eigenvalue weighted by molar-refractivity contribution is 9.09. The molecule has 1 N–H and O–H groups in total. The molecule has 0 aromatic heterocycles. The summed E-state index contributed by atoms with van der Waals surface area (Å²) in [5, 5.41) is 4.04. The number of hydrogen-bond acceptors (Lipinski definition) is 1. The van der Waals surface area contributed by atoms with Crippen LogP contribution in [0.1, 0.15) is 51.5 Å². The van der Waals surface area contributed by atoms with Gasteiger partial charge in [-0.3, -0.25) is 4.79 Å². The van der Waals surface area contributed by atoms with Crippen molar-refractivity contribution in [3.63, 3.8) is 0 Å². The molecule has 1 unspecified atom stereocenters. The monoisotopic (exact) mass is 325 g/mol. The number of benzene rings is 1. The van der Waals surface area contributed by atoms with Crippen LogP contribution >= 0.6 is 15.9 Å². The molecule has 19 heavy (non-hydrogen) atoms. The van der Waals surface area contributed by atoms with Crippen LogP contribution in [0.3, 0.4) is 0 Å². The second kappa shape index (κ2) is 7.68. The maximum atomic E-state index is 12.5. The Kier molecular flexibility index (Phi) is 6.56. The Morgan fingerprint density at radius 3 is 2.21 bits per heavy atom. The molecule has 1 atom stereocenters. The molecule has 0 aliphatic rings. The fourth-order valence-electron chi connectivity index (χ4n) is 2.26. The molecule has 0 bridgehead atoms. The third-order valence-corrected chi connectivity index (χ3v) is 5.00. The van der Waals surface area contributed by atoms with Gasteiger partial charge < -0.3 is 5.32 Å². The van der Waals surface area contributed by atoms with Crippen LogP contribution in [-0.2, 0) is 4.79 Å². The Labute approximate surface area is 125 Å². The molecular formula is C16H24BrNO. The van der Waals surface area contributed by atoms with E-state index in [0.29, 0.717) is 0 Å². The van der Waals surface area contributed by atoms with Crippen LogP contribution in [0, 0.1) is 0 Å². The normalized spacial score (nSPS) is 13.1. The van der Waals surface area contributed by atoms with Crippen molar-refractivity contribution in [1.29, 1.82) is 0 Å². The minimum absolute atomic E-state index is 0.0577. The quantitative estimate of drug-likeness (QED) is 0.746. The summed E-state index contributed by atoms with van der Waals surface area (Å²) < 4.78 is 0. The predicted octanol–water partition coefficient (Wildman–Crippen LogP) is 4.25. The third kappa shape index (κ3) is 4.07. The van der Waals surface area contributed by atoms with Gasteiger partial charge in [-0.15, -0.1) is 0 Å². The summed E-state index contributed by atoms with van der Waals surface area (Å²) in [7, 11) is 0. The highest BCUT2D eigenvalue weighted by Crippen LogP contribution is 2.23. The topological polar surface area (TPSA) is 29.1 Å². The Morgan fingerprint density at radius 2 is 1.79 bits per heavy atom. The van der Waals surface area contributed by atoms with E-state index in [-0.39, 0.29) is 17.4 Å². The van der Waals surface area contributed by atoms with Gasteiger partial charge in [0.15, 0.2) is 0 Å². The molecule has 0 fully saturated rings. The smallest absolute Gasteiger partial charge is 0.227 e. The molecule has 1 amide bonds. The summed E-state index contributed by atoms with van der Waals surface area (Å²) in [6, 6.07) is 10.0. The zero-order chi connectivity index (χ0) is 14.3. The first-order chi connectivity index (χ1) is 9.12. The van der Waals surface area contributed by atoms with E-state index in [2.05, 4.69) is 42.0 Å². The maximum absolute atomic E-state index is 12.5. The van der Waals surface area contributed by atoms with Crippen LogP contribution in [0.2, 0.25) is 0 Å². The summed E-state index contributed by atoms with van der Waals surface area (Å²) >= 11 is 3.53. The number of carbonyl (C=O) groups excluding carboxylic acids is 1. The highest BCUT2D eigenvalue weighted by Gasteiger charge is 2.29. The van der Waals surface area contributed by atoms with Crippen molar-refractivity contribution in [1.82, 2.24) is 5.32 Å². The number of nitrogens with one attached hydrogen (secondary N) is 1. The van der Waals surface area contributed by atoms with Crippen LogP contribution in [0.5, 0.6) is 0 Å². The lowest BCUT2D eigenvalue weighted by atomic mass is 9.91. The molecule has 3 heteroatoms. The largest absolute Gasteiger partial charge is 0.349 e. The van der Waals surface area contributed by atoms with E-state index < -0.39 is 0 Å². The summed E-state index contributed by atoms with van der Waals surface area (Å²) in [5.74, 6) is 0.0783. The van der Waals surface area contributed by atoms with E-state index in [1.165, 1.54) is 0 Å². The molecule has 0 spiro atoms. The van der Waals surface area contributed by atoms with Gasteiger partial charge in [-0.05, 0) is 24.8 Å². The first-order valence-electron chi connectivity index (χ1n) is 7.05. The van der Waals surface area contributed by atoms with Gasteiger partial charge in [0.05, 0.1) is 5.92 Å². The Bertz CT molecular complexity index is 379. The van der Waals surface area contributed by atoms with Gasteiger partial charge in [-0.25, -0.2) is 0 Å². The molecule has 0 heterocycles. The number of hydrogen-bond donors (Lipinski definition) is 1. The van der Waals surface area contributed by atoms with E-state index in [4.69, 9.17) is 0 Å². The number of rotatable bonds is 7. The summed E-state index contributed by atoms with van der Waals surface area (Å²) in [6.45, 7) is 6.30. The van der Waals surface area contributed by atoms with Crippen molar-refractivity contribution in [3.05, 3.63) is 35.9 Å². The van der Waals surface area contributed by atoms with Crippen molar-refractivity contribution in [2.24, 2.45) is 0 Å². The number of amides is 1. The zero-order valence-corrected chi connectivity index (χ0v) is 13.7. The van der Waals surface area contributed by atoms with Crippen LogP contribution in [-0.4, -0.2) is 16.8 Å². The highest BCUT2D eigenvalue weighted by atomic mass is 79.9. The molecular weight excluding hydrogens is 302 g/mol. The van der Waals surface area contributed by atoms with Crippen LogP contribution in [0.4, 0.5) is 0 Å². The zero-order valence-electron chi connectivity index (χ0n) is 12.1. The second-order valence-electron chi connectivity index (χ2n) is 4.98. The second-order valence-corrected chi connectivity index (χ2v) is 5.54. The molecule has 0 radical (unpaired) electrons. The first-order valence-corrected chi connectivity index (χ1v) is 8.17. The van der Waals surface area contributed by atoms with Gasteiger partial charge in [0, 0.05) is 10.9 Å². The Hall–Kier alpha value is -0.830. The Balaban J connectivity index is 2.86. The number of halogens is 1. The standard InChI is InChI=1S/C16H24BrNO/c1-4-14(13-10-8-7-9-11-13)15(19)18-16(5-2,6-3)12-17/h7-11,14H,4-6,12H2,1-3H3,(H,18,19). The predicted molar refractivity (Wildman–Crippen MR) is 84.7 cm³/mol. The van der Waals surface area contributed by atoms with Gasteiger partial charge >= 0.3 is 0 Å². The van der Waals surface area contributed by atoms with Gasteiger partial charge in [0.2, 0.25) is 5.91 Å². The fourth-order valence-corrected chi connectivity index (χ4v) is 3.19. The maximum Gasteiger partial charge on any atom is 0.227 e. The lowest BCUT2D eigenvalue weighted by Crippen LogP contribution is -2.50. The Morgan fingerprint density at radius 1 is 1.21 bits per heavy atom. The van der Waals surface area contributed by atoms with Crippen molar-refractivity contribution in [3.8, 4) is 0 Å². The lowest BCUT2D eigenvalue weighted by molar-refractivity contribution is -0.124.